The van der Waals surface area contributed by atoms with Gasteiger partial charge in [0.25, 0.3) is 0 Å². The number of aliphatic hydroxyl groups excluding tert-OH is 1. The summed E-state index contributed by atoms with van der Waals surface area (Å²) in [6, 6.07) is 0.248. The number of aryl methyl sites for hydroxylation is 1. The summed E-state index contributed by atoms with van der Waals surface area (Å²) in [4.78, 5) is 4.15. The summed E-state index contributed by atoms with van der Waals surface area (Å²) in [6.45, 7) is 3.87. The molecule has 0 aliphatic heterocycles. The first-order chi connectivity index (χ1) is 8.31. The Labute approximate surface area is 103 Å². The Kier molecular flexibility index (Phi) is 4.57. The van der Waals surface area contributed by atoms with Crippen LogP contribution in [-0.2, 0) is 13.1 Å². The quantitative estimate of drug-likeness (QED) is 0.783. The minimum Gasteiger partial charge on any atom is -0.392 e. The highest BCUT2D eigenvalue weighted by Gasteiger charge is 2.21. The van der Waals surface area contributed by atoms with Crippen molar-refractivity contribution in [3.8, 4) is 0 Å². The maximum absolute atomic E-state index is 10.0. The van der Waals surface area contributed by atoms with Crippen molar-refractivity contribution in [2.45, 2.75) is 64.3 Å². The van der Waals surface area contributed by atoms with E-state index in [1.807, 2.05) is 12.5 Å². The zero-order chi connectivity index (χ0) is 12.1. The normalized spacial score (nSPS) is 25.8. The summed E-state index contributed by atoms with van der Waals surface area (Å²) in [5, 5.41) is 13.5. The topological polar surface area (TPSA) is 50.1 Å². The molecule has 2 atom stereocenters. The number of imidazole rings is 1. The lowest BCUT2D eigenvalue weighted by Crippen LogP contribution is -2.39. The van der Waals surface area contributed by atoms with Gasteiger partial charge in [-0.15, -0.1) is 0 Å². The zero-order valence-corrected chi connectivity index (χ0v) is 10.6. The molecule has 0 aromatic carbocycles. The smallest absolute Gasteiger partial charge is 0.0948 e. The maximum atomic E-state index is 10.0. The lowest BCUT2D eigenvalue weighted by Gasteiger charge is -2.22. The SMILES string of the molecule is CCn1cncc1CNC1CCCCCC1O. The molecule has 1 aromatic heterocycles. The fourth-order valence-electron chi connectivity index (χ4n) is 2.54. The molecule has 2 unspecified atom stereocenters. The second-order valence-electron chi connectivity index (χ2n) is 4.86. The highest BCUT2D eigenvalue weighted by Crippen LogP contribution is 2.18. The van der Waals surface area contributed by atoms with Gasteiger partial charge in [0, 0.05) is 25.3 Å². The van der Waals surface area contributed by atoms with Crippen LogP contribution in [0.2, 0.25) is 0 Å². The van der Waals surface area contributed by atoms with Gasteiger partial charge in [-0.25, -0.2) is 4.98 Å². The zero-order valence-electron chi connectivity index (χ0n) is 10.6. The summed E-state index contributed by atoms with van der Waals surface area (Å²) >= 11 is 0. The minimum atomic E-state index is -0.185. The average molecular weight is 237 g/mol. The Bertz CT molecular complexity index is 337. The van der Waals surface area contributed by atoms with Gasteiger partial charge in [0.1, 0.15) is 0 Å². The van der Waals surface area contributed by atoms with Crippen LogP contribution >= 0.6 is 0 Å². The Morgan fingerprint density at radius 3 is 3.06 bits per heavy atom. The number of nitrogens with zero attached hydrogens (tertiary/aromatic N) is 2. The predicted molar refractivity (Wildman–Crippen MR) is 67.6 cm³/mol. The molecule has 1 heterocycles. The predicted octanol–water partition coefficient (Wildman–Crippen LogP) is 1.69. The van der Waals surface area contributed by atoms with E-state index in [4.69, 9.17) is 0 Å². The van der Waals surface area contributed by atoms with Crippen molar-refractivity contribution in [2.75, 3.05) is 0 Å². The van der Waals surface area contributed by atoms with Gasteiger partial charge in [-0.3, -0.25) is 0 Å². The Balaban J connectivity index is 1.88. The monoisotopic (exact) mass is 237 g/mol. The van der Waals surface area contributed by atoms with Crippen molar-refractivity contribution in [3.63, 3.8) is 0 Å². The average Bonchev–Trinajstić information content (AvgIpc) is 2.70. The van der Waals surface area contributed by atoms with Crippen molar-refractivity contribution in [1.82, 2.24) is 14.9 Å². The molecule has 4 heteroatoms. The van der Waals surface area contributed by atoms with E-state index in [-0.39, 0.29) is 12.1 Å². The number of aromatic nitrogens is 2. The second-order valence-corrected chi connectivity index (χ2v) is 4.86. The lowest BCUT2D eigenvalue weighted by atomic mass is 10.1. The fraction of sp³-hybridized carbons (Fsp3) is 0.769. The molecule has 2 rings (SSSR count). The van der Waals surface area contributed by atoms with Gasteiger partial charge >= 0.3 is 0 Å². The molecule has 2 N–H and O–H groups in total. The van der Waals surface area contributed by atoms with Crippen LogP contribution < -0.4 is 5.32 Å². The molecular formula is C13H23N3O. The third-order valence-electron chi connectivity index (χ3n) is 3.66. The van der Waals surface area contributed by atoms with Crippen LogP contribution in [0.5, 0.6) is 0 Å². The van der Waals surface area contributed by atoms with E-state index in [1.54, 1.807) is 0 Å². The summed E-state index contributed by atoms with van der Waals surface area (Å²) in [5.41, 5.74) is 1.20. The van der Waals surface area contributed by atoms with E-state index >= 15 is 0 Å². The summed E-state index contributed by atoms with van der Waals surface area (Å²) in [5.74, 6) is 0. The van der Waals surface area contributed by atoms with E-state index in [0.29, 0.717) is 0 Å². The molecule has 0 radical (unpaired) electrons. The van der Waals surface area contributed by atoms with Crippen LogP contribution in [0.15, 0.2) is 12.5 Å². The molecule has 0 amide bonds. The molecule has 1 aliphatic carbocycles. The van der Waals surface area contributed by atoms with Gasteiger partial charge < -0.3 is 15.0 Å². The summed E-state index contributed by atoms with van der Waals surface area (Å²) < 4.78 is 2.14. The van der Waals surface area contributed by atoms with Crippen LogP contribution in [0, 0.1) is 0 Å². The molecule has 1 aromatic rings. The first kappa shape index (κ1) is 12.6. The van der Waals surface area contributed by atoms with E-state index in [9.17, 15) is 5.11 Å². The van der Waals surface area contributed by atoms with Gasteiger partial charge in [0.05, 0.1) is 18.1 Å². The molecule has 4 nitrogen and oxygen atoms in total. The summed E-state index contributed by atoms with van der Waals surface area (Å²) in [7, 11) is 0. The van der Waals surface area contributed by atoms with Crippen LogP contribution in [0.3, 0.4) is 0 Å². The first-order valence-electron chi connectivity index (χ1n) is 6.71. The first-order valence-corrected chi connectivity index (χ1v) is 6.71. The summed E-state index contributed by atoms with van der Waals surface area (Å²) in [6.07, 6.45) is 9.23. The largest absolute Gasteiger partial charge is 0.392 e. The van der Waals surface area contributed by atoms with Crippen LogP contribution in [0.1, 0.15) is 44.7 Å². The Morgan fingerprint density at radius 2 is 2.24 bits per heavy atom. The van der Waals surface area contributed by atoms with Gasteiger partial charge in [-0.1, -0.05) is 19.3 Å². The third kappa shape index (κ3) is 3.30. The van der Waals surface area contributed by atoms with Crippen molar-refractivity contribution < 1.29 is 5.11 Å². The van der Waals surface area contributed by atoms with Crippen molar-refractivity contribution >= 4 is 0 Å². The van der Waals surface area contributed by atoms with Crippen LogP contribution in [-0.4, -0.2) is 26.8 Å². The lowest BCUT2D eigenvalue weighted by molar-refractivity contribution is 0.119. The van der Waals surface area contributed by atoms with Crippen LogP contribution in [0.4, 0.5) is 0 Å². The maximum Gasteiger partial charge on any atom is 0.0948 e. The fourth-order valence-corrected chi connectivity index (χ4v) is 2.54. The van der Waals surface area contributed by atoms with Crippen molar-refractivity contribution in [1.29, 1.82) is 0 Å². The molecular weight excluding hydrogens is 214 g/mol. The van der Waals surface area contributed by atoms with Gasteiger partial charge in [0.2, 0.25) is 0 Å². The Hall–Kier alpha value is -0.870. The third-order valence-corrected chi connectivity index (χ3v) is 3.66. The van der Waals surface area contributed by atoms with Crippen molar-refractivity contribution in [3.05, 3.63) is 18.2 Å². The van der Waals surface area contributed by atoms with Gasteiger partial charge in [-0.05, 0) is 19.8 Å². The molecule has 1 aliphatic rings. The molecule has 1 saturated carbocycles. The van der Waals surface area contributed by atoms with Gasteiger partial charge in [0.15, 0.2) is 0 Å². The molecule has 0 spiro atoms. The van der Waals surface area contributed by atoms with Crippen molar-refractivity contribution in [2.24, 2.45) is 0 Å². The number of hydrogen-bond acceptors (Lipinski definition) is 3. The highest BCUT2D eigenvalue weighted by atomic mass is 16.3. The minimum absolute atomic E-state index is 0.185. The van der Waals surface area contributed by atoms with E-state index < -0.39 is 0 Å². The van der Waals surface area contributed by atoms with Gasteiger partial charge in [-0.2, -0.15) is 0 Å². The molecule has 96 valence electrons. The molecule has 17 heavy (non-hydrogen) atoms. The van der Waals surface area contributed by atoms with Crippen LogP contribution in [0.25, 0.3) is 0 Å². The standard InChI is InChI=1S/C13H23N3O/c1-2-16-10-14-8-11(16)9-15-12-6-4-3-5-7-13(12)17/h8,10,12-13,15,17H,2-7,9H2,1H3. The molecule has 0 saturated heterocycles. The second kappa shape index (κ2) is 6.17. The Morgan fingerprint density at radius 1 is 1.41 bits per heavy atom. The molecule has 1 fully saturated rings. The highest BCUT2D eigenvalue weighted by molar-refractivity contribution is 4.98. The number of aliphatic hydroxyl groups is 1. The number of nitrogens with one attached hydrogen (secondary N) is 1. The number of hydrogen-bond donors (Lipinski definition) is 2. The van der Waals surface area contributed by atoms with E-state index in [1.165, 1.54) is 18.5 Å². The molecule has 0 bridgehead atoms. The number of rotatable bonds is 4. The van der Waals surface area contributed by atoms with E-state index in [2.05, 4.69) is 21.8 Å². The van der Waals surface area contributed by atoms with E-state index in [0.717, 1.165) is 32.4 Å².